The van der Waals surface area contributed by atoms with Crippen molar-refractivity contribution in [3.8, 4) is 22.9 Å². The molecule has 5 rings (SSSR count). The highest BCUT2D eigenvalue weighted by molar-refractivity contribution is 5.94. The second kappa shape index (κ2) is 9.64. The highest BCUT2D eigenvalue weighted by Crippen LogP contribution is 2.35. The fourth-order valence-corrected chi connectivity index (χ4v) is 3.73. The van der Waals surface area contributed by atoms with E-state index in [1.807, 2.05) is 36.4 Å². The van der Waals surface area contributed by atoms with E-state index in [0.29, 0.717) is 36.2 Å². The van der Waals surface area contributed by atoms with Crippen molar-refractivity contribution in [2.45, 2.75) is 13.0 Å². The molecule has 0 atom stereocenters. The molecule has 3 aromatic carbocycles. The first kappa shape index (κ1) is 22.1. The zero-order valence-electron chi connectivity index (χ0n) is 18.5. The summed E-state index contributed by atoms with van der Waals surface area (Å²) in [5.41, 5.74) is 1.75. The Bertz CT molecular complexity index is 1370. The molecule has 0 fully saturated rings. The number of benzene rings is 3. The van der Waals surface area contributed by atoms with Gasteiger partial charge >= 0.3 is 0 Å². The molecular formula is C25H20N4O6. The number of non-ortho nitro benzene ring substituents is 1. The molecule has 1 aliphatic rings. The maximum Gasteiger partial charge on any atom is 0.270 e. The van der Waals surface area contributed by atoms with E-state index in [4.69, 9.17) is 14.0 Å². The van der Waals surface area contributed by atoms with Crippen LogP contribution in [0.2, 0.25) is 0 Å². The lowest BCUT2D eigenvalue weighted by Gasteiger charge is -2.22. The molecular weight excluding hydrogens is 452 g/mol. The first-order chi connectivity index (χ1) is 17.1. The first-order valence-corrected chi connectivity index (χ1v) is 10.9. The molecule has 2 heterocycles. The summed E-state index contributed by atoms with van der Waals surface area (Å²) in [6.45, 7) is 0.775. The topological polar surface area (TPSA) is 121 Å². The van der Waals surface area contributed by atoms with Crippen LogP contribution in [0.15, 0.2) is 77.3 Å². The molecule has 4 aromatic rings. The van der Waals surface area contributed by atoms with Gasteiger partial charge in [-0.05, 0) is 29.8 Å². The minimum absolute atomic E-state index is 0.138. The van der Waals surface area contributed by atoms with Gasteiger partial charge in [0.1, 0.15) is 0 Å². The minimum Gasteiger partial charge on any atom is -0.454 e. The quantitative estimate of drug-likeness (QED) is 0.276. The van der Waals surface area contributed by atoms with Crippen molar-refractivity contribution in [2.24, 2.45) is 0 Å². The molecule has 0 aliphatic carbocycles. The summed E-state index contributed by atoms with van der Waals surface area (Å²) in [7, 11) is 0. The SMILES string of the molecule is O=C(c1cccc([N+](=O)[O-])c1)N(CCc1nc(-c2ccc3c(c2)OCO3)no1)Cc1ccccc1. The first-order valence-electron chi connectivity index (χ1n) is 10.9. The molecule has 0 spiro atoms. The Kier molecular flexibility index (Phi) is 6.08. The number of carbonyl (C=O) groups is 1. The number of ether oxygens (including phenoxy) is 2. The number of hydrogen-bond acceptors (Lipinski definition) is 8. The second-order valence-corrected chi connectivity index (χ2v) is 7.85. The Morgan fingerprint density at radius 1 is 1.00 bits per heavy atom. The molecule has 35 heavy (non-hydrogen) atoms. The second-order valence-electron chi connectivity index (χ2n) is 7.85. The average Bonchev–Trinajstić information content (AvgIpc) is 3.56. The van der Waals surface area contributed by atoms with E-state index >= 15 is 0 Å². The van der Waals surface area contributed by atoms with Gasteiger partial charge in [-0.25, -0.2) is 0 Å². The Balaban J connectivity index is 1.34. The van der Waals surface area contributed by atoms with Crippen molar-refractivity contribution < 1.29 is 23.7 Å². The fraction of sp³-hybridized carbons (Fsp3) is 0.160. The number of hydrogen-bond donors (Lipinski definition) is 0. The number of carbonyl (C=O) groups excluding carboxylic acids is 1. The molecule has 0 bridgehead atoms. The third-order valence-electron chi connectivity index (χ3n) is 5.50. The van der Waals surface area contributed by atoms with Crippen LogP contribution in [0.1, 0.15) is 21.8 Å². The van der Waals surface area contributed by atoms with Crippen LogP contribution in [0.4, 0.5) is 5.69 Å². The highest BCUT2D eigenvalue weighted by Gasteiger charge is 2.21. The smallest absolute Gasteiger partial charge is 0.270 e. The van der Waals surface area contributed by atoms with E-state index < -0.39 is 4.92 Å². The monoisotopic (exact) mass is 472 g/mol. The van der Waals surface area contributed by atoms with Gasteiger partial charge in [-0.1, -0.05) is 41.6 Å². The number of aromatic nitrogens is 2. The lowest BCUT2D eigenvalue weighted by Crippen LogP contribution is -2.32. The summed E-state index contributed by atoms with van der Waals surface area (Å²) < 4.78 is 16.1. The molecule has 0 N–H and O–H groups in total. The predicted octanol–water partition coefficient (Wildman–Crippen LogP) is 4.26. The minimum atomic E-state index is -0.519. The molecule has 10 nitrogen and oxygen atoms in total. The number of amides is 1. The van der Waals surface area contributed by atoms with E-state index in [1.165, 1.54) is 18.2 Å². The van der Waals surface area contributed by atoms with Crippen molar-refractivity contribution in [3.05, 3.63) is 99.9 Å². The summed E-state index contributed by atoms with van der Waals surface area (Å²) in [5.74, 6) is 1.72. The summed E-state index contributed by atoms with van der Waals surface area (Å²) in [4.78, 5) is 30.0. The van der Waals surface area contributed by atoms with Crippen LogP contribution in [-0.2, 0) is 13.0 Å². The number of nitro benzene ring substituents is 1. The van der Waals surface area contributed by atoms with Gasteiger partial charge in [0, 0.05) is 42.8 Å². The summed E-state index contributed by atoms with van der Waals surface area (Å²) >= 11 is 0. The molecule has 0 radical (unpaired) electrons. The van der Waals surface area contributed by atoms with Gasteiger partial charge in [0.05, 0.1) is 4.92 Å². The van der Waals surface area contributed by atoms with Crippen LogP contribution in [0.5, 0.6) is 11.5 Å². The van der Waals surface area contributed by atoms with Gasteiger partial charge in [0.25, 0.3) is 11.6 Å². The third-order valence-corrected chi connectivity index (χ3v) is 5.50. The van der Waals surface area contributed by atoms with Crippen LogP contribution < -0.4 is 9.47 Å². The van der Waals surface area contributed by atoms with Crippen molar-refractivity contribution in [2.75, 3.05) is 13.3 Å². The van der Waals surface area contributed by atoms with Gasteiger partial charge in [0.2, 0.25) is 18.5 Å². The maximum absolute atomic E-state index is 13.3. The predicted molar refractivity (Wildman–Crippen MR) is 124 cm³/mol. The molecule has 10 heteroatoms. The normalized spacial score (nSPS) is 11.9. The van der Waals surface area contributed by atoms with Gasteiger partial charge in [0.15, 0.2) is 11.5 Å². The van der Waals surface area contributed by atoms with Crippen molar-refractivity contribution in [1.29, 1.82) is 0 Å². The van der Waals surface area contributed by atoms with Crippen LogP contribution in [0.3, 0.4) is 0 Å². The summed E-state index contributed by atoms with van der Waals surface area (Å²) in [5, 5.41) is 15.2. The molecule has 0 saturated heterocycles. The Hall–Kier alpha value is -4.73. The van der Waals surface area contributed by atoms with Crippen LogP contribution in [0, 0.1) is 10.1 Å². The van der Waals surface area contributed by atoms with Gasteiger partial charge in [-0.15, -0.1) is 0 Å². The van der Waals surface area contributed by atoms with E-state index in [1.54, 1.807) is 23.1 Å². The van der Waals surface area contributed by atoms with Gasteiger partial charge < -0.3 is 18.9 Å². The molecule has 1 aromatic heterocycles. The summed E-state index contributed by atoms with van der Waals surface area (Å²) in [6.07, 6.45) is 0.311. The van der Waals surface area contributed by atoms with E-state index in [2.05, 4.69) is 10.1 Å². The maximum atomic E-state index is 13.3. The number of rotatable bonds is 8. The van der Waals surface area contributed by atoms with Gasteiger partial charge in [-0.2, -0.15) is 4.98 Å². The van der Waals surface area contributed by atoms with Crippen molar-refractivity contribution in [1.82, 2.24) is 15.0 Å². The third kappa shape index (κ3) is 4.96. The van der Waals surface area contributed by atoms with Crippen molar-refractivity contribution in [3.63, 3.8) is 0 Å². The lowest BCUT2D eigenvalue weighted by atomic mass is 10.1. The largest absolute Gasteiger partial charge is 0.454 e. The van der Waals surface area contributed by atoms with E-state index in [0.717, 1.165) is 11.1 Å². The van der Waals surface area contributed by atoms with E-state index in [-0.39, 0.29) is 30.5 Å². The molecule has 0 saturated carbocycles. The Labute approximate surface area is 199 Å². The molecule has 1 aliphatic heterocycles. The number of nitro groups is 1. The van der Waals surface area contributed by atoms with E-state index in [9.17, 15) is 14.9 Å². The highest BCUT2D eigenvalue weighted by atomic mass is 16.7. The fourth-order valence-electron chi connectivity index (χ4n) is 3.73. The van der Waals surface area contributed by atoms with Crippen LogP contribution >= 0.6 is 0 Å². The lowest BCUT2D eigenvalue weighted by molar-refractivity contribution is -0.384. The number of fused-ring (bicyclic) bond motifs is 1. The molecule has 0 unspecified atom stereocenters. The summed E-state index contributed by atoms with van der Waals surface area (Å²) in [6, 6.07) is 20.6. The molecule has 1 amide bonds. The Morgan fingerprint density at radius 2 is 1.83 bits per heavy atom. The standard InChI is InChI=1S/C25H20N4O6/c30-25(19-7-4-8-20(13-19)29(31)32)28(15-17-5-2-1-3-6-17)12-11-23-26-24(27-35-23)18-9-10-21-22(14-18)34-16-33-21/h1-10,13-14H,11-12,15-16H2. The van der Waals surface area contributed by atoms with Gasteiger partial charge in [-0.3, -0.25) is 14.9 Å². The zero-order valence-corrected chi connectivity index (χ0v) is 18.5. The Morgan fingerprint density at radius 3 is 2.66 bits per heavy atom. The molecule has 176 valence electrons. The van der Waals surface area contributed by atoms with Crippen molar-refractivity contribution >= 4 is 11.6 Å². The van der Waals surface area contributed by atoms with Crippen LogP contribution in [-0.4, -0.2) is 39.2 Å². The average molecular weight is 472 g/mol. The number of nitrogens with zero attached hydrogens (tertiary/aromatic N) is 4. The zero-order chi connectivity index (χ0) is 24.2. The van der Waals surface area contributed by atoms with Crippen LogP contribution in [0.25, 0.3) is 11.4 Å².